The number of aryl methyl sites for hydroxylation is 2. The van der Waals surface area contributed by atoms with Crippen molar-refractivity contribution >= 4 is 0 Å². The molecule has 1 heterocycles. The summed E-state index contributed by atoms with van der Waals surface area (Å²) in [6.07, 6.45) is 6.98. The lowest BCUT2D eigenvalue weighted by molar-refractivity contribution is 0.306. The van der Waals surface area contributed by atoms with E-state index >= 15 is 0 Å². The molecule has 0 aliphatic heterocycles. The molecule has 0 saturated carbocycles. The second-order valence-electron chi connectivity index (χ2n) is 10.2. The van der Waals surface area contributed by atoms with Crippen molar-refractivity contribution in [3.8, 4) is 11.1 Å². The number of hydrogen-bond acceptors (Lipinski definition) is 1. The summed E-state index contributed by atoms with van der Waals surface area (Å²) in [5, 5.41) is 3.49. The van der Waals surface area contributed by atoms with Crippen LogP contribution in [0.4, 0.5) is 0 Å². The number of benzene rings is 2. The predicted molar refractivity (Wildman–Crippen MR) is 137 cm³/mol. The Balaban J connectivity index is 1.90. The van der Waals surface area contributed by atoms with E-state index in [2.05, 4.69) is 95.2 Å². The normalized spacial score (nSPS) is 12.0. The molecule has 1 aromatic heterocycles. The van der Waals surface area contributed by atoms with Gasteiger partial charge in [0.1, 0.15) is 0 Å². The molecule has 0 fully saturated rings. The second-order valence-corrected chi connectivity index (χ2v) is 10.2. The lowest BCUT2D eigenvalue weighted by Gasteiger charge is -2.26. The van der Waals surface area contributed by atoms with Crippen molar-refractivity contribution in [2.75, 3.05) is 0 Å². The molecular weight excluding hydrogens is 392 g/mol. The minimum Gasteiger partial charge on any atom is -0.298 e. The molecule has 0 saturated heterocycles. The number of unbranched alkanes of at least 4 members (excludes halogenated alkanes) is 3. The predicted octanol–water partition coefficient (Wildman–Crippen LogP) is 7.38. The Labute approximate surface area is 193 Å². The van der Waals surface area contributed by atoms with Crippen LogP contribution in [0.2, 0.25) is 0 Å². The summed E-state index contributed by atoms with van der Waals surface area (Å²) in [6, 6.07) is 17.2. The molecule has 0 bridgehead atoms. The monoisotopic (exact) mass is 432 g/mol. The summed E-state index contributed by atoms with van der Waals surface area (Å²) >= 11 is 0. The number of hydrogen-bond donors (Lipinski definition) is 1. The number of nitrogens with zero attached hydrogens (tertiary/aromatic N) is 1. The van der Waals surface area contributed by atoms with Gasteiger partial charge in [-0.2, -0.15) is 0 Å². The zero-order valence-corrected chi connectivity index (χ0v) is 20.8. The van der Waals surface area contributed by atoms with Crippen LogP contribution in [0, 0.1) is 6.92 Å². The van der Waals surface area contributed by atoms with Crippen LogP contribution in [0.15, 0.2) is 53.3 Å². The lowest BCUT2D eigenvalue weighted by atomic mass is 9.94. The van der Waals surface area contributed by atoms with Gasteiger partial charge >= 0.3 is 0 Å². The van der Waals surface area contributed by atoms with Crippen molar-refractivity contribution in [1.82, 2.24) is 9.78 Å². The molecule has 0 spiro atoms. The SMILES string of the molecule is CCCCCCc1ccc(-c2c(C(C)C)[nH]n(C(C)(C)Cc3ccc(C)cc3)c2=O)cc1. The molecule has 0 amide bonds. The minimum absolute atomic E-state index is 0.0708. The van der Waals surface area contributed by atoms with Gasteiger partial charge in [0.2, 0.25) is 0 Å². The molecule has 0 aliphatic carbocycles. The zero-order chi connectivity index (χ0) is 23.3. The Morgan fingerprint density at radius 1 is 0.906 bits per heavy atom. The highest BCUT2D eigenvalue weighted by molar-refractivity contribution is 5.66. The van der Waals surface area contributed by atoms with Crippen molar-refractivity contribution < 1.29 is 0 Å². The summed E-state index contributed by atoms with van der Waals surface area (Å²) in [4.78, 5) is 13.6. The highest BCUT2D eigenvalue weighted by Crippen LogP contribution is 2.29. The minimum atomic E-state index is -0.354. The first kappa shape index (κ1) is 24.1. The Morgan fingerprint density at radius 3 is 2.12 bits per heavy atom. The Morgan fingerprint density at radius 2 is 1.53 bits per heavy atom. The van der Waals surface area contributed by atoms with E-state index in [1.165, 1.54) is 42.4 Å². The molecule has 2 aromatic carbocycles. The number of rotatable bonds is 10. The van der Waals surface area contributed by atoms with Crippen LogP contribution in [0.3, 0.4) is 0 Å². The van der Waals surface area contributed by atoms with E-state index in [-0.39, 0.29) is 17.0 Å². The van der Waals surface area contributed by atoms with Gasteiger partial charge in [-0.1, -0.05) is 94.1 Å². The highest BCUT2D eigenvalue weighted by atomic mass is 16.1. The Kier molecular flexibility index (Phi) is 7.82. The van der Waals surface area contributed by atoms with E-state index < -0.39 is 0 Å². The van der Waals surface area contributed by atoms with Crippen LogP contribution in [0.1, 0.15) is 88.6 Å². The van der Waals surface area contributed by atoms with Gasteiger partial charge in [0.15, 0.2) is 0 Å². The third-order valence-corrected chi connectivity index (χ3v) is 6.42. The molecule has 0 unspecified atom stereocenters. The third kappa shape index (κ3) is 5.62. The molecular formula is C29H40N2O. The number of nitrogens with one attached hydrogen (secondary N) is 1. The van der Waals surface area contributed by atoms with E-state index in [0.717, 1.165) is 29.7 Å². The van der Waals surface area contributed by atoms with E-state index in [1.54, 1.807) is 0 Å². The third-order valence-electron chi connectivity index (χ3n) is 6.42. The molecule has 3 rings (SSSR count). The fraction of sp³-hybridized carbons (Fsp3) is 0.483. The van der Waals surface area contributed by atoms with Crippen molar-refractivity contribution in [3.05, 3.63) is 81.3 Å². The van der Waals surface area contributed by atoms with Gasteiger partial charge in [-0.3, -0.25) is 9.89 Å². The fourth-order valence-corrected chi connectivity index (χ4v) is 4.46. The standard InChI is InChI=1S/C29H40N2O/c1-7-8-9-10-11-23-16-18-25(19-17-23)26-27(21(2)3)30-31(28(26)32)29(5,6)20-24-14-12-22(4)13-15-24/h12-19,21,30H,7-11,20H2,1-6H3. The Bertz CT molecular complexity index is 1050. The van der Waals surface area contributed by atoms with Gasteiger partial charge < -0.3 is 0 Å². The largest absolute Gasteiger partial charge is 0.298 e. The van der Waals surface area contributed by atoms with Gasteiger partial charge in [-0.05, 0) is 62.6 Å². The van der Waals surface area contributed by atoms with E-state index in [9.17, 15) is 4.79 Å². The molecule has 3 nitrogen and oxygen atoms in total. The summed E-state index contributed by atoms with van der Waals surface area (Å²) in [5.41, 5.74) is 6.40. The van der Waals surface area contributed by atoms with Crippen LogP contribution < -0.4 is 5.56 Å². The fourth-order valence-electron chi connectivity index (χ4n) is 4.46. The van der Waals surface area contributed by atoms with E-state index in [0.29, 0.717) is 0 Å². The van der Waals surface area contributed by atoms with Gasteiger partial charge in [-0.25, -0.2) is 4.68 Å². The summed E-state index contributed by atoms with van der Waals surface area (Å²) in [5.74, 6) is 0.239. The van der Waals surface area contributed by atoms with Crippen molar-refractivity contribution in [2.45, 2.75) is 91.5 Å². The van der Waals surface area contributed by atoms with Crippen molar-refractivity contribution in [1.29, 1.82) is 0 Å². The smallest absolute Gasteiger partial charge is 0.275 e. The van der Waals surface area contributed by atoms with E-state index in [1.807, 2.05) is 4.68 Å². The molecule has 0 aliphatic rings. The second kappa shape index (κ2) is 10.4. The molecule has 172 valence electrons. The number of H-pyrrole nitrogens is 1. The van der Waals surface area contributed by atoms with Gasteiger partial charge in [0, 0.05) is 5.69 Å². The van der Waals surface area contributed by atoms with Gasteiger partial charge in [0.25, 0.3) is 5.56 Å². The average molecular weight is 433 g/mol. The average Bonchev–Trinajstić information content (AvgIpc) is 3.12. The van der Waals surface area contributed by atoms with Crippen molar-refractivity contribution in [3.63, 3.8) is 0 Å². The van der Waals surface area contributed by atoms with Crippen molar-refractivity contribution in [2.24, 2.45) is 0 Å². The quantitative estimate of drug-likeness (QED) is 0.334. The molecule has 1 N–H and O–H groups in total. The zero-order valence-electron chi connectivity index (χ0n) is 20.8. The first-order valence-electron chi connectivity index (χ1n) is 12.2. The van der Waals surface area contributed by atoms with Crippen LogP contribution in [0.25, 0.3) is 11.1 Å². The first-order chi connectivity index (χ1) is 15.2. The first-order valence-corrected chi connectivity index (χ1v) is 12.2. The van der Waals surface area contributed by atoms with Crippen LogP contribution in [-0.2, 0) is 18.4 Å². The van der Waals surface area contributed by atoms with Crippen LogP contribution in [0.5, 0.6) is 0 Å². The van der Waals surface area contributed by atoms with Crippen LogP contribution in [-0.4, -0.2) is 9.78 Å². The maximum atomic E-state index is 13.6. The summed E-state index contributed by atoms with van der Waals surface area (Å²) in [6.45, 7) is 12.9. The topological polar surface area (TPSA) is 37.8 Å². The number of aromatic nitrogens is 2. The Hall–Kier alpha value is -2.55. The summed E-state index contributed by atoms with van der Waals surface area (Å²) in [7, 11) is 0. The van der Waals surface area contributed by atoms with Crippen LogP contribution >= 0.6 is 0 Å². The molecule has 0 radical (unpaired) electrons. The molecule has 3 aromatic rings. The molecule has 32 heavy (non-hydrogen) atoms. The lowest BCUT2D eigenvalue weighted by Crippen LogP contribution is -2.37. The van der Waals surface area contributed by atoms with E-state index in [4.69, 9.17) is 0 Å². The maximum absolute atomic E-state index is 13.6. The highest BCUT2D eigenvalue weighted by Gasteiger charge is 2.28. The van der Waals surface area contributed by atoms with Gasteiger partial charge in [-0.15, -0.1) is 0 Å². The molecule has 3 heteroatoms. The number of aromatic amines is 1. The van der Waals surface area contributed by atoms with Gasteiger partial charge in [0.05, 0.1) is 11.1 Å². The maximum Gasteiger partial charge on any atom is 0.275 e. The molecule has 0 atom stereocenters. The summed E-state index contributed by atoms with van der Waals surface area (Å²) < 4.78 is 1.84.